The number of amides is 1. The SMILES string of the molecule is Cc1nc(-c2ncccn2)sc1C(=O)N1C[C@H]2COCC[C@@]2(C(=O)O)C1. The number of ether oxygens (including phenoxy) is 1. The molecule has 0 radical (unpaired) electrons. The molecule has 0 aliphatic carbocycles. The lowest BCUT2D eigenvalue weighted by Gasteiger charge is -2.33. The predicted octanol–water partition coefficient (Wildman–Crippen LogP) is 1.47. The highest BCUT2D eigenvalue weighted by atomic mass is 32.1. The molecule has 26 heavy (non-hydrogen) atoms. The molecule has 0 saturated carbocycles. The molecule has 2 aliphatic heterocycles. The Morgan fingerprint density at radius 1 is 1.38 bits per heavy atom. The number of carbonyl (C=O) groups is 2. The molecule has 4 rings (SSSR count). The number of likely N-dealkylation sites (tertiary alicyclic amines) is 1. The third-order valence-corrected chi connectivity index (χ3v) is 6.31. The minimum atomic E-state index is -0.905. The van der Waals surface area contributed by atoms with Gasteiger partial charge in [0.15, 0.2) is 10.8 Å². The van der Waals surface area contributed by atoms with Crippen LogP contribution in [0.1, 0.15) is 21.8 Å². The van der Waals surface area contributed by atoms with E-state index in [0.717, 1.165) is 0 Å². The number of aliphatic carboxylic acids is 1. The number of carboxylic acid groups (broad SMARTS) is 1. The van der Waals surface area contributed by atoms with Crippen LogP contribution in [0.5, 0.6) is 0 Å². The summed E-state index contributed by atoms with van der Waals surface area (Å²) in [7, 11) is 0. The van der Waals surface area contributed by atoms with E-state index in [-0.39, 0.29) is 18.4 Å². The van der Waals surface area contributed by atoms with Crippen molar-refractivity contribution in [1.82, 2.24) is 19.9 Å². The first-order valence-corrected chi connectivity index (χ1v) is 9.18. The average molecular weight is 374 g/mol. The molecule has 0 bridgehead atoms. The van der Waals surface area contributed by atoms with Crippen molar-refractivity contribution < 1.29 is 19.4 Å². The van der Waals surface area contributed by atoms with E-state index in [4.69, 9.17) is 4.74 Å². The van der Waals surface area contributed by atoms with Gasteiger partial charge in [0.1, 0.15) is 4.88 Å². The van der Waals surface area contributed by atoms with Crippen molar-refractivity contribution in [3.05, 3.63) is 29.0 Å². The molecule has 2 fully saturated rings. The summed E-state index contributed by atoms with van der Waals surface area (Å²) in [6, 6.07) is 1.72. The van der Waals surface area contributed by atoms with Gasteiger partial charge in [-0.25, -0.2) is 15.0 Å². The van der Waals surface area contributed by atoms with Crippen molar-refractivity contribution >= 4 is 23.2 Å². The Hall–Kier alpha value is -2.39. The van der Waals surface area contributed by atoms with Gasteiger partial charge in [-0.2, -0.15) is 0 Å². The first-order valence-electron chi connectivity index (χ1n) is 8.36. The molecular weight excluding hydrogens is 356 g/mol. The highest BCUT2D eigenvalue weighted by Crippen LogP contribution is 2.43. The van der Waals surface area contributed by atoms with Gasteiger partial charge < -0.3 is 14.7 Å². The summed E-state index contributed by atoms with van der Waals surface area (Å²) < 4.78 is 5.45. The summed E-state index contributed by atoms with van der Waals surface area (Å²) in [5.74, 6) is -0.731. The molecule has 0 aromatic carbocycles. The number of aromatic nitrogens is 3. The lowest BCUT2D eigenvalue weighted by atomic mass is 9.74. The highest BCUT2D eigenvalue weighted by Gasteiger charge is 2.55. The monoisotopic (exact) mass is 374 g/mol. The molecule has 136 valence electrons. The van der Waals surface area contributed by atoms with Crippen LogP contribution in [0.3, 0.4) is 0 Å². The van der Waals surface area contributed by atoms with Crippen molar-refractivity contribution in [2.75, 3.05) is 26.3 Å². The van der Waals surface area contributed by atoms with Crippen molar-refractivity contribution in [3.8, 4) is 10.8 Å². The average Bonchev–Trinajstić information content (AvgIpc) is 3.23. The molecule has 2 atom stereocenters. The summed E-state index contributed by atoms with van der Waals surface area (Å²) in [4.78, 5) is 39.8. The molecule has 2 saturated heterocycles. The number of thiazole rings is 1. The molecule has 8 nitrogen and oxygen atoms in total. The van der Waals surface area contributed by atoms with Gasteiger partial charge in [0.05, 0.1) is 17.7 Å². The van der Waals surface area contributed by atoms with E-state index in [2.05, 4.69) is 15.0 Å². The molecule has 9 heteroatoms. The summed E-state index contributed by atoms with van der Waals surface area (Å²) in [6.45, 7) is 3.17. The molecule has 2 aliphatic rings. The second-order valence-electron chi connectivity index (χ2n) is 6.67. The molecule has 2 aromatic rings. The Morgan fingerprint density at radius 2 is 2.15 bits per heavy atom. The highest BCUT2D eigenvalue weighted by molar-refractivity contribution is 7.17. The van der Waals surface area contributed by atoms with Gasteiger partial charge in [0.2, 0.25) is 0 Å². The maximum atomic E-state index is 13.0. The number of fused-ring (bicyclic) bond motifs is 1. The maximum absolute atomic E-state index is 13.0. The number of rotatable bonds is 3. The standard InChI is InChI=1S/C17H18N4O4S/c1-10-12(26-14(20-10)13-18-4-2-5-19-13)15(22)21-7-11-8-25-6-3-17(11,9-21)16(23)24/h2,4-5,11H,3,6-9H2,1H3,(H,23,24)/t11-,17+/m0/s1. The van der Waals surface area contributed by atoms with E-state index in [1.807, 2.05) is 0 Å². The zero-order valence-corrected chi connectivity index (χ0v) is 15.0. The summed E-state index contributed by atoms with van der Waals surface area (Å²) in [5, 5.41) is 10.3. The van der Waals surface area contributed by atoms with Crippen LogP contribution in [-0.2, 0) is 9.53 Å². The fourth-order valence-electron chi connectivity index (χ4n) is 3.70. The fraction of sp³-hybridized carbons (Fsp3) is 0.471. The summed E-state index contributed by atoms with van der Waals surface area (Å²) in [6.07, 6.45) is 3.69. The van der Waals surface area contributed by atoms with Crippen LogP contribution in [0.25, 0.3) is 10.8 Å². The topological polar surface area (TPSA) is 106 Å². The Balaban J connectivity index is 1.61. The van der Waals surface area contributed by atoms with Gasteiger partial charge >= 0.3 is 5.97 Å². The molecule has 1 amide bonds. The Kier molecular flexibility index (Phi) is 4.20. The molecule has 0 spiro atoms. The normalized spacial score (nSPS) is 25.1. The summed E-state index contributed by atoms with van der Waals surface area (Å²) >= 11 is 1.24. The lowest BCUT2D eigenvalue weighted by Crippen LogP contribution is -2.45. The zero-order chi connectivity index (χ0) is 18.3. The van der Waals surface area contributed by atoms with Gasteiger partial charge in [-0.1, -0.05) is 0 Å². The van der Waals surface area contributed by atoms with Crippen LogP contribution >= 0.6 is 11.3 Å². The largest absolute Gasteiger partial charge is 0.481 e. The second-order valence-corrected chi connectivity index (χ2v) is 7.67. The van der Waals surface area contributed by atoms with Crippen LogP contribution in [0, 0.1) is 18.3 Å². The third kappa shape index (κ3) is 2.67. The van der Waals surface area contributed by atoms with E-state index < -0.39 is 11.4 Å². The maximum Gasteiger partial charge on any atom is 0.311 e. The number of hydrogen-bond acceptors (Lipinski definition) is 7. The lowest BCUT2D eigenvalue weighted by molar-refractivity contribution is -0.157. The molecule has 1 N–H and O–H groups in total. The van der Waals surface area contributed by atoms with E-state index in [1.165, 1.54) is 11.3 Å². The number of carbonyl (C=O) groups excluding carboxylic acids is 1. The van der Waals surface area contributed by atoms with Crippen LogP contribution in [0.4, 0.5) is 0 Å². The molecular formula is C17H18N4O4S. The third-order valence-electron chi connectivity index (χ3n) is 5.17. The smallest absolute Gasteiger partial charge is 0.311 e. The quantitative estimate of drug-likeness (QED) is 0.867. The van der Waals surface area contributed by atoms with Gasteiger partial charge in [0.25, 0.3) is 5.91 Å². The van der Waals surface area contributed by atoms with Gasteiger partial charge in [-0.15, -0.1) is 11.3 Å². The predicted molar refractivity (Wildman–Crippen MR) is 92.8 cm³/mol. The van der Waals surface area contributed by atoms with E-state index in [9.17, 15) is 14.7 Å². The van der Waals surface area contributed by atoms with Crippen LogP contribution in [0.2, 0.25) is 0 Å². The minimum Gasteiger partial charge on any atom is -0.481 e. The van der Waals surface area contributed by atoms with E-state index in [0.29, 0.717) is 47.6 Å². The number of carboxylic acids is 1. The number of aryl methyl sites for hydroxylation is 1. The Bertz CT molecular complexity index is 856. The molecule has 4 heterocycles. The first-order chi connectivity index (χ1) is 12.5. The molecule has 2 aromatic heterocycles. The van der Waals surface area contributed by atoms with Crippen molar-refractivity contribution in [2.24, 2.45) is 11.3 Å². The van der Waals surface area contributed by atoms with Gasteiger partial charge in [-0.05, 0) is 19.4 Å². The fourth-order valence-corrected chi connectivity index (χ4v) is 4.68. The first kappa shape index (κ1) is 17.0. The Morgan fingerprint density at radius 3 is 2.85 bits per heavy atom. The van der Waals surface area contributed by atoms with E-state index in [1.54, 1.807) is 30.3 Å². The van der Waals surface area contributed by atoms with Crippen molar-refractivity contribution in [3.63, 3.8) is 0 Å². The number of nitrogens with zero attached hydrogens (tertiary/aromatic N) is 4. The molecule has 0 unspecified atom stereocenters. The van der Waals surface area contributed by atoms with Crippen LogP contribution in [0.15, 0.2) is 18.5 Å². The minimum absolute atomic E-state index is 0.178. The van der Waals surface area contributed by atoms with Crippen molar-refractivity contribution in [1.29, 1.82) is 0 Å². The number of hydrogen-bond donors (Lipinski definition) is 1. The van der Waals surface area contributed by atoms with E-state index >= 15 is 0 Å². The summed E-state index contributed by atoms with van der Waals surface area (Å²) in [5.41, 5.74) is -0.296. The van der Waals surface area contributed by atoms with Crippen LogP contribution < -0.4 is 0 Å². The van der Waals surface area contributed by atoms with Gasteiger partial charge in [0, 0.05) is 38.0 Å². The van der Waals surface area contributed by atoms with Crippen molar-refractivity contribution in [2.45, 2.75) is 13.3 Å². The van der Waals surface area contributed by atoms with Gasteiger partial charge in [-0.3, -0.25) is 9.59 Å². The second kappa shape index (κ2) is 6.40. The van der Waals surface area contributed by atoms with Crippen LogP contribution in [-0.4, -0.2) is 63.1 Å². The zero-order valence-electron chi connectivity index (χ0n) is 14.2. The Labute approximate surface area is 153 Å².